The van der Waals surface area contributed by atoms with Gasteiger partial charge >= 0.3 is 0 Å². The molecule has 0 heterocycles. The number of nitrogen functional groups attached to an aromatic ring is 1. The van der Waals surface area contributed by atoms with Crippen molar-refractivity contribution in [2.24, 2.45) is 5.73 Å². The maximum atomic E-state index is 11.6. The molecule has 0 atom stereocenters. The number of carbonyl (C=O) groups is 2. The van der Waals surface area contributed by atoms with Gasteiger partial charge in [-0.15, -0.1) is 0 Å². The number of phenols is 1. The average Bonchev–Trinajstić information content (AvgIpc) is 2.27. The molecule has 0 aromatic heterocycles. The van der Waals surface area contributed by atoms with E-state index in [9.17, 15) is 14.7 Å². The minimum absolute atomic E-state index is 0.130. The van der Waals surface area contributed by atoms with Gasteiger partial charge in [0.2, 0.25) is 5.91 Å². The molecule has 6 N–H and O–H groups in total. The smallest absolute Gasteiger partial charge is 0.251 e. The fourth-order valence-corrected chi connectivity index (χ4v) is 1.25. The third kappa shape index (κ3) is 4.02. The second kappa shape index (κ2) is 5.74. The van der Waals surface area contributed by atoms with Crippen LogP contribution >= 0.6 is 0 Å². The second-order valence-corrected chi connectivity index (χ2v) is 3.60. The zero-order chi connectivity index (χ0) is 12.8. The highest BCUT2D eigenvalue weighted by atomic mass is 16.3. The number of phenolic OH excluding ortho intramolecular Hbond substituents is 1. The van der Waals surface area contributed by atoms with Gasteiger partial charge in [0.05, 0.1) is 5.69 Å². The summed E-state index contributed by atoms with van der Waals surface area (Å²) in [5, 5.41) is 11.9. The third-order valence-electron chi connectivity index (χ3n) is 2.18. The minimum atomic E-state index is -0.399. The van der Waals surface area contributed by atoms with Crippen LogP contribution in [0.3, 0.4) is 0 Å². The van der Waals surface area contributed by atoms with E-state index in [-0.39, 0.29) is 23.8 Å². The first-order valence-electron chi connectivity index (χ1n) is 5.15. The molecule has 0 aliphatic heterocycles. The summed E-state index contributed by atoms with van der Waals surface area (Å²) in [4.78, 5) is 22.0. The Labute approximate surface area is 98.6 Å². The molecular weight excluding hydrogens is 222 g/mol. The van der Waals surface area contributed by atoms with Crippen molar-refractivity contribution < 1.29 is 14.7 Å². The molecule has 1 aromatic rings. The summed E-state index contributed by atoms with van der Waals surface area (Å²) >= 11 is 0. The van der Waals surface area contributed by atoms with E-state index in [1.807, 2.05) is 0 Å². The predicted molar refractivity (Wildman–Crippen MR) is 63.3 cm³/mol. The van der Waals surface area contributed by atoms with Crippen LogP contribution in [0, 0.1) is 0 Å². The topological polar surface area (TPSA) is 118 Å². The Kier molecular flexibility index (Phi) is 4.33. The van der Waals surface area contributed by atoms with Gasteiger partial charge in [0.15, 0.2) is 0 Å². The van der Waals surface area contributed by atoms with Crippen molar-refractivity contribution in [2.45, 2.75) is 12.8 Å². The van der Waals surface area contributed by atoms with E-state index in [1.54, 1.807) is 0 Å². The number of nitrogens with two attached hydrogens (primary N) is 2. The van der Waals surface area contributed by atoms with Crippen molar-refractivity contribution in [3.8, 4) is 5.75 Å². The number of nitrogens with one attached hydrogen (secondary N) is 1. The Bertz CT molecular complexity index is 432. The van der Waals surface area contributed by atoms with E-state index in [0.717, 1.165) is 0 Å². The molecule has 0 unspecified atom stereocenters. The van der Waals surface area contributed by atoms with Gasteiger partial charge in [-0.1, -0.05) is 0 Å². The maximum Gasteiger partial charge on any atom is 0.251 e. The van der Waals surface area contributed by atoms with E-state index in [2.05, 4.69) is 5.32 Å². The highest BCUT2D eigenvalue weighted by molar-refractivity contribution is 5.95. The van der Waals surface area contributed by atoms with Gasteiger partial charge in [-0.05, 0) is 24.6 Å². The zero-order valence-electron chi connectivity index (χ0n) is 9.27. The van der Waals surface area contributed by atoms with Gasteiger partial charge < -0.3 is 21.9 Å². The van der Waals surface area contributed by atoms with Crippen molar-refractivity contribution in [3.05, 3.63) is 23.8 Å². The number of carbonyl (C=O) groups excluding carboxylic acids is 2. The number of hydrogen-bond donors (Lipinski definition) is 4. The molecule has 1 rings (SSSR count). The van der Waals surface area contributed by atoms with Crippen molar-refractivity contribution in [1.29, 1.82) is 0 Å². The Morgan fingerprint density at radius 1 is 1.35 bits per heavy atom. The van der Waals surface area contributed by atoms with E-state index < -0.39 is 5.91 Å². The standard InChI is InChI=1S/C11H15N3O3/c12-8-4-3-7(6-9(8)15)11(17)14-5-1-2-10(13)16/h3-4,6,15H,1-2,5,12H2,(H2,13,16)(H,14,17). The van der Waals surface area contributed by atoms with Gasteiger partial charge in [0, 0.05) is 18.5 Å². The van der Waals surface area contributed by atoms with E-state index in [4.69, 9.17) is 11.5 Å². The van der Waals surface area contributed by atoms with Crippen LogP contribution in [0.4, 0.5) is 5.69 Å². The molecule has 0 fully saturated rings. The fraction of sp³-hybridized carbons (Fsp3) is 0.273. The first kappa shape index (κ1) is 12.8. The molecule has 0 spiro atoms. The maximum absolute atomic E-state index is 11.6. The molecule has 2 amide bonds. The molecule has 17 heavy (non-hydrogen) atoms. The number of hydrogen-bond acceptors (Lipinski definition) is 4. The highest BCUT2D eigenvalue weighted by Crippen LogP contribution is 2.20. The lowest BCUT2D eigenvalue weighted by molar-refractivity contribution is -0.118. The quantitative estimate of drug-likeness (QED) is 0.326. The fourth-order valence-electron chi connectivity index (χ4n) is 1.25. The Hall–Kier alpha value is -2.24. The summed E-state index contributed by atoms with van der Waals surface area (Å²) < 4.78 is 0. The molecule has 6 heteroatoms. The molecule has 92 valence electrons. The zero-order valence-corrected chi connectivity index (χ0v) is 9.27. The lowest BCUT2D eigenvalue weighted by atomic mass is 10.1. The lowest BCUT2D eigenvalue weighted by Crippen LogP contribution is -2.25. The monoisotopic (exact) mass is 237 g/mol. The van der Waals surface area contributed by atoms with Crippen molar-refractivity contribution in [2.75, 3.05) is 12.3 Å². The van der Waals surface area contributed by atoms with Crippen LogP contribution in [0.15, 0.2) is 18.2 Å². The Morgan fingerprint density at radius 2 is 2.06 bits per heavy atom. The number of amides is 2. The third-order valence-corrected chi connectivity index (χ3v) is 2.18. The first-order valence-corrected chi connectivity index (χ1v) is 5.15. The molecule has 0 aliphatic carbocycles. The lowest BCUT2D eigenvalue weighted by Gasteiger charge is -2.05. The Morgan fingerprint density at radius 3 is 2.65 bits per heavy atom. The summed E-state index contributed by atoms with van der Waals surface area (Å²) in [6, 6.07) is 4.25. The average molecular weight is 237 g/mol. The molecule has 0 saturated heterocycles. The van der Waals surface area contributed by atoms with Crippen LogP contribution < -0.4 is 16.8 Å². The highest BCUT2D eigenvalue weighted by Gasteiger charge is 2.07. The summed E-state index contributed by atoms with van der Waals surface area (Å²) in [5.41, 5.74) is 10.9. The molecule has 6 nitrogen and oxygen atoms in total. The van der Waals surface area contributed by atoms with Crippen LogP contribution in [0.25, 0.3) is 0 Å². The molecule has 1 aromatic carbocycles. The Balaban J connectivity index is 2.47. The van der Waals surface area contributed by atoms with Gasteiger partial charge in [-0.2, -0.15) is 0 Å². The molecule has 0 aliphatic rings. The second-order valence-electron chi connectivity index (χ2n) is 3.60. The normalized spacial score (nSPS) is 9.88. The van der Waals surface area contributed by atoms with Gasteiger partial charge in [0.25, 0.3) is 5.91 Å². The van der Waals surface area contributed by atoms with Gasteiger partial charge in [-0.25, -0.2) is 0 Å². The number of benzene rings is 1. The summed E-state index contributed by atoms with van der Waals surface area (Å²) in [5.74, 6) is -0.857. The SMILES string of the molecule is NC(=O)CCCNC(=O)c1ccc(N)c(O)c1. The van der Waals surface area contributed by atoms with Crippen LogP contribution in [0.5, 0.6) is 5.75 Å². The summed E-state index contributed by atoms with van der Waals surface area (Å²) in [6.07, 6.45) is 0.718. The summed E-state index contributed by atoms with van der Waals surface area (Å²) in [6.45, 7) is 0.354. The number of aromatic hydroxyl groups is 1. The minimum Gasteiger partial charge on any atom is -0.506 e. The number of rotatable bonds is 5. The van der Waals surface area contributed by atoms with Gasteiger partial charge in [0.1, 0.15) is 5.75 Å². The largest absolute Gasteiger partial charge is 0.506 e. The van der Waals surface area contributed by atoms with Gasteiger partial charge in [-0.3, -0.25) is 9.59 Å². The van der Waals surface area contributed by atoms with Crippen LogP contribution in [0.1, 0.15) is 23.2 Å². The van der Waals surface area contributed by atoms with E-state index in [0.29, 0.717) is 18.5 Å². The first-order chi connectivity index (χ1) is 8.00. The molecule has 0 saturated carbocycles. The van der Waals surface area contributed by atoms with E-state index >= 15 is 0 Å². The summed E-state index contributed by atoms with van der Waals surface area (Å²) in [7, 11) is 0. The van der Waals surface area contributed by atoms with Crippen LogP contribution in [-0.2, 0) is 4.79 Å². The van der Waals surface area contributed by atoms with Crippen LogP contribution in [-0.4, -0.2) is 23.5 Å². The number of anilines is 1. The van der Waals surface area contributed by atoms with Crippen molar-refractivity contribution in [3.63, 3.8) is 0 Å². The molecule has 0 radical (unpaired) electrons. The molecular formula is C11H15N3O3. The number of primary amides is 1. The van der Waals surface area contributed by atoms with E-state index in [1.165, 1.54) is 18.2 Å². The van der Waals surface area contributed by atoms with Crippen molar-refractivity contribution in [1.82, 2.24) is 5.32 Å². The van der Waals surface area contributed by atoms with Crippen molar-refractivity contribution >= 4 is 17.5 Å². The predicted octanol–water partition coefficient (Wildman–Crippen LogP) is -0.0303. The van der Waals surface area contributed by atoms with Crippen LogP contribution in [0.2, 0.25) is 0 Å². The molecule has 0 bridgehead atoms.